The molecule has 0 aromatic heterocycles. The molecule has 1 heterocycles. The number of carboxylic acid groups (broad SMARTS) is 1. The lowest BCUT2D eigenvalue weighted by Crippen LogP contribution is -2.42. The summed E-state index contributed by atoms with van der Waals surface area (Å²) in [5, 5.41) is 11.7. The number of benzene rings is 1. The summed E-state index contributed by atoms with van der Waals surface area (Å²) in [4.78, 5) is 36.1. The second-order valence-corrected chi connectivity index (χ2v) is 5.59. The number of hydrogen-bond donors (Lipinski definition) is 2. The Balaban J connectivity index is 1.79. The number of aliphatic carboxylic acids is 1. The van der Waals surface area contributed by atoms with Crippen LogP contribution in [0.25, 0.3) is 0 Å². The molecule has 0 bridgehead atoms. The highest BCUT2D eigenvalue weighted by molar-refractivity contribution is 7.99. The van der Waals surface area contributed by atoms with Gasteiger partial charge in [-0.3, -0.25) is 9.59 Å². The first kappa shape index (κ1) is 15.4. The zero-order valence-corrected chi connectivity index (χ0v) is 12.1. The van der Waals surface area contributed by atoms with Crippen molar-refractivity contribution in [3.05, 3.63) is 35.9 Å². The van der Waals surface area contributed by atoms with E-state index in [4.69, 9.17) is 5.11 Å². The average molecular weight is 308 g/mol. The molecule has 1 aliphatic heterocycles. The van der Waals surface area contributed by atoms with Gasteiger partial charge in [0.25, 0.3) is 5.91 Å². The van der Waals surface area contributed by atoms with Crippen LogP contribution in [0.2, 0.25) is 0 Å². The molecule has 1 atom stereocenters. The average Bonchev–Trinajstić information content (AvgIpc) is 2.97. The van der Waals surface area contributed by atoms with Gasteiger partial charge < -0.3 is 15.3 Å². The Bertz CT molecular complexity index is 535. The lowest BCUT2D eigenvalue weighted by molar-refractivity contribution is -0.147. The van der Waals surface area contributed by atoms with Crippen molar-refractivity contribution in [3.8, 4) is 0 Å². The Kier molecular flexibility index (Phi) is 5.21. The van der Waals surface area contributed by atoms with E-state index in [0.29, 0.717) is 17.2 Å². The Labute approximate surface area is 126 Å². The molecule has 1 saturated heterocycles. The topological polar surface area (TPSA) is 86.7 Å². The Morgan fingerprint density at radius 2 is 2.00 bits per heavy atom. The summed E-state index contributed by atoms with van der Waals surface area (Å²) < 4.78 is 0. The molecular formula is C14H16N2O4S. The van der Waals surface area contributed by atoms with Crippen LogP contribution >= 0.6 is 11.8 Å². The van der Waals surface area contributed by atoms with Crippen LogP contribution in [0.15, 0.2) is 30.3 Å². The smallest absolute Gasteiger partial charge is 0.327 e. The maximum absolute atomic E-state index is 12.0. The number of nitrogens with one attached hydrogen (secondary N) is 1. The molecule has 2 N–H and O–H groups in total. The highest BCUT2D eigenvalue weighted by Gasteiger charge is 2.34. The molecule has 1 aliphatic rings. The van der Waals surface area contributed by atoms with Gasteiger partial charge >= 0.3 is 5.97 Å². The van der Waals surface area contributed by atoms with Crippen molar-refractivity contribution >= 4 is 29.5 Å². The van der Waals surface area contributed by atoms with Crippen molar-refractivity contribution in [2.75, 3.05) is 18.2 Å². The van der Waals surface area contributed by atoms with Crippen molar-refractivity contribution in [2.45, 2.75) is 12.5 Å². The van der Waals surface area contributed by atoms with E-state index in [1.165, 1.54) is 16.7 Å². The minimum absolute atomic E-state index is 0.100. The third kappa shape index (κ3) is 3.98. The van der Waals surface area contributed by atoms with Crippen molar-refractivity contribution in [1.82, 2.24) is 10.2 Å². The Morgan fingerprint density at radius 1 is 1.29 bits per heavy atom. The van der Waals surface area contributed by atoms with E-state index >= 15 is 0 Å². The standard InChI is InChI=1S/C14H16N2O4S/c17-12(16-9-21-8-11(16)14(19)20)6-7-15-13(18)10-4-2-1-3-5-10/h1-5,11H,6-9H2,(H,15,18)(H,19,20)/t11-/m0/s1. The maximum Gasteiger partial charge on any atom is 0.327 e. The van der Waals surface area contributed by atoms with Gasteiger partial charge in [0.15, 0.2) is 0 Å². The quantitative estimate of drug-likeness (QED) is 0.840. The molecule has 0 unspecified atom stereocenters. The van der Waals surface area contributed by atoms with E-state index in [9.17, 15) is 14.4 Å². The van der Waals surface area contributed by atoms with Crippen molar-refractivity contribution in [3.63, 3.8) is 0 Å². The van der Waals surface area contributed by atoms with Crippen LogP contribution in [0.4, 0.5) is 0 Å². The fourth-order valence-electron chi connectivity index (χ4n) is 2.01. The first-order valence-electron chi connectivity index (χ1n) is 6.53. The summed E-state index contributed by atoms with van der Waals surface area (Å²) in [6.45, 7) is 0.195. The monoisotopic (exact) mass is 308 g/mol. The van der Waals surface area contributed by atoms with Crippen LogP contribution < -0.4 is 5.32 Å². The molecule has 0 radical (unpaired) electrons. The second-order valence-electron chi connectivity index (χ2n) is 4.59. The third-order valence-corrected chi connectivity index (χ3v) is 4.16. The lowest BCUT2D eigenvalue weighted by Gasteiger charge is -2.20. The molecule has 1 aromatic rings. The van der Waals surface area contributed by atoms with E-state index in [1.807, 2.05) is 6.07 Å². The minimum Gasteiger partial charge on any atom is -0.480 e. The molecule has 0 aliphatic carbocycles. The Hall–Kier alpha value is -2.02. The molecule has 2 amide bonds. The highest BCUT2D eigenvalue weighted by Crippen LogP contribution is 2.21. The van der Waals surface area contributed by atoms with Crippen molar-refractivity contribution in [1.29, 1.82) is 0 Å². The van der Waals surface area contributed by atoms with E-state index in [0.717, 1.165) is 0 Å². The van der Waals surface area contributed by atoms with Gasteiger partial charge in [0.2, 0.25) is 5.91 Å². The zero-order chi connectivity index (χ0) is 15.2. The molecule has 7 heteroatoms. The summed E-state index contributed by atoms with van der Waals surface area (Å²) in [6, 6.07) is 7.96. The summed E-state index contributed by atoms with van der Waals surface area (Å²) in [6.07, 6.45) is 0.100. The number of rotatable bonds is 5. The molecule has 0 spiro atoms. The number of amides is 2. The van der Waals surface area contributed by atoms with Gasteiger partial charge in [0, 0.05) is 24.3 Å². The SMILES string of the molecule is O=C(NCCC(=O)N1CSC[C@H]1C(=O)O)c1ccccc1. The van der Waals surface area contributed by atoms with Crippen LogP contribution in [0.1, 0.15) is 16.8 Å². The van der Waals surface area contributed by atoms with Crippen LogP contribution in [-0.2, 0) is 9.59 Å². The summed E-state index contributed by atoms with van der Waals surface area (Å²) >= 11 is 1.42. The molecular weight excluding hydrogens is 292 g/mol. The fraction of sp³-hybridized carbons (Fsp3) is 0.357. The molecule has 2 rings (SSSR count). The molecule has 21 heavy (non-hydrogen) atoms. The van der Waals surface area contributed by atoms with Gasteiger partial charge in [-0.25, -0.2) is 4.79 Å². The van der Waals surface area contributed by atoms with Gasteiger partial charge in [-0.2, -0.15) is 0 Å². The van der Waals surface area contributed by atoms with Crippen LogP contribution in [0, 0.1) is 0 Å². The number of hydrogen-bond acceptors (Lipinski definition) is 4. The largest absolute Gasteiger partial charge is 0.480 e. The summed E-state index contributed by atoms with van der Waals surface area (Å²) in [5.41, 5.74) is 0.532. The minimum atomic E-state index is -0.985. The van der Waals surface area contributed by atoms with Gasteiger partial charge in [-0.15, -0.1) is 11.8 Å². The number of carboxylic acids is 1. The first-order chi connectivity index (χ1) is 10.1. The van der Waals surface area contributed by atoms with Crippen molar-refractivity contribution < 1.29 is 19.5 Å². The molecule has 6 nitrogen and oxygen atoms in total. The highest BCUT2D eigenvalue weighted by atomic mass is 32.2. The predicted molar refractivity (Wildman–Crippen MR) is 79.0 cm³/mol. The number of carbonyl (C=O) groups excluding carboxylic acids is 2. The van der Waals surface area contributed by atoms with E-state index < -0.39 is 12.0 Å². The van der Waals surface area contributed by atoms with Crippen molar-refractivity contribution in [2.24, 2.45) is 0 Å². The third-order valence-electron chi connectivity index (χ3n) is 3.15. The van der Waals surface area contributed by atoms with Gasteiger partial charge in [-0.05, 0) is 12.1 Å². The summed E-state index contributed by atoms with van der Waals surface area (Å²) in [7, 11) is 0. The van der Waals surface area contributed by atoms with Crippen LogP contribution in [0.3, 0.4) is 0 Å². The van der Waals surface area contributed by atoms with E-state index in [-0.39, 0.29) is 24.8 Å². The first-order valence-corrected chi connectivity index (χ1v) is 7.68. The maximum atomic E-state index is 12.0. The van der Waals surface area contributed by atoms with Gasteiger partial charge in [0.1, 0.15) is 6.04 Å². The number of nitrogens with zero attached hydrogens (tertiary/aromatic N) is 1. The van der Waals surface area contributed by atoms with Gasteiger partial charge in [-0.1, -0.05) is 18.2 Å². The molecule has 1 aromatic carbocycles. The molecule has 1 fully saturated rings. The normalized spacial score (nSPS) is 17.5. The van der Waals surface area contributed by atoms with Gasteiger partial charge in [0.05, 0.1) is 5.88 Å². The fourth-order valence-corrected chi connectivity index (χ4v) is 3.18. The van der Waals surface area contributed by atoms with Crippen LogP contribution in [-0.4, -0.2) is 52.0 Å². The number of carbonyl (C=O) groups is 3. The lowest BCUT2D eigenvalue weighted by atomic mass is 10.2. The molecule has 112 valence electrons. The van der Waals surface area contributed by atoms with Crippen LogP contribution in [0.5, 0.6) is 0 Å². The summed E-state index contributed by atoms with van der Waals surface area (Å²) in [5.74, 6) is -0.670. The second kappa shape index (κ2) is 7.12. The van der Waals surface area contributed by atoms with E-state index in [2.05, 4.69) is 5.32 Å². The molecule has 0 saturated carbocycles. The number of thioether (sulfide) groups is 1. The van der Waals surface area contributed by atoms with E-state index in [1.54, 1.807) is 24.3 Å². The Morgan fingerprint density at radius 3 is 2.67 bits per heavy atom. The zero-order valence-electron chi connectivity index (χ0n) is 11.3. The predicted octanol–water partition coefficient (Wildman–Crippen LogP) is 0.793.